The van der Waals surface area contributed by atoms with Crippen molar-refractivity contribution >= 4 is 45.0 Å². The molecule has 37 heavy (non-hydrogen) atoms. The van der Waals surface area contributed by atoms with Crippen molar-refractivity contribution in [2.75, 3.05) is 33.9 Å². The highest BCUT2D eigenvalue weighted by atomic mass is 32.2. The Balaban J connectivity index is 1.49. The molecular formula is C25H26N2O8S2. The van der Waals surface area contributed by atoms with Crippen LogP contribution in [0, 0.1) is 0 Å². The molecule has 0 aromatic heterocycles. The second kappa shape index (κ2) is 11.3. The molecule has 0 spiro atoms. The van der Waals surface area contributed by atoms with E-state index in [4.69, 9.17) is 13.7 Å². The predicted octanol–water partition coefficient (Wildman–Crippen LogP) is 3.52. The number of nitrogens with zero attached hydrogens (tertiary/aromatic N) is 2. The van der Waals surface area contributed by atoms with Crippen LogP contribution in [0.15, 0.2) is 52.3 Å². The minimum Gasteiger partial charge on any atom is -0.497 e. The van der Waals surface area contributed by atoms with E-state index in [9.17, 15) is 22.8 Å². The van der Waals surface area contributed by atoms with Crippen molar-refractivity contribution in [3.05, 3.63) is 52.9 Å². The number of ether oxygens (including phenoxy) is 2. The number of hydrogen-bond acceptors (Lipinski definition) is 9. The van der Waals surface area contributed by atoms with E-state index in [1.807, 2.05) is 0 Å². The van der Waals surface area contributed by atoms with E-state index in [0.29, 0.717) is 24.4 Å². The number of rotatable bonds is 8. The molecule has 0 saturated carbocycles. The molecule has 0 bridgehead atoms. The maximum Gasteiger partial charge on any atom is 0.339 e. The van der Waals surface area contributed by atoms with Crippen LogP contribution in [-0.4, -0.2) is 69.1 Å². The Kier molecular flexibility index (Phi) is 8.08. The SMILES string of the molecule is COc1ccc(S(=O)(=O)Oc2ccc(/C=C3\SC(=O)N(CC(=O)N4CCCCC4)C3=O)cc2OC)cc1. The standard InChI is InChI=1S/C25H26N2O8S2/c1-33-18-7-9-19(10-8-18)37(31,32)35-20-11-6-17(14-21(20)34-2)15-22-24(29)27(25(30)36-22)16-23(28)26-12-4-3-5-13-26/h6-11,14-15H,3-5,12-13,16H2,1-2H3/b22-15-. The number of thioether (sulfide) groups is 1. The Morgan fingerprint density at radius 1 is 0.973 bits per heavy atom. The molecule has 2 heterocycles. The van der Waals surface area contributed by atoms with Crippen LogP contribution in [0.4, 0.5) is 4.79 Å². The van der Waals surface area contributed by atoms with E-state index in [1.54, 1.807) is 4.90 Å². The van der Waals surface area contributed by atoms with Gasteiger partial charge in [-0.3, -0.25) is 19.3 Å². The van der Waals surface area contributed by atoms with Gasteiger partial charge in [0.15, 0.2) is 11.5 Å². The van der Waals surface area contributed by atoms with Gasteiger partial charge < -0.3 is 18.6 Å². The molecular weight excluding hydrogens is 520 g/mol. The van der Waals surface area contributed by atoms with Crippen molar-refractivity contribution in [1.29, 1.82) is 0 Å². The van der Waals surface area contributed by atoms with Crippen LogP contribution in [0.2, 0.25) is 0 Å². The van der Waals surface area contributed by atoms with Crippen molar-refractivity contribution in [3.8, 4) is 17.2 Å². The van der Waals surface area contributed by atoms with Gasteiger partial charge in [0, 0.05) is 13.1 Å². The lowest BCUT2D eigenvalue weighted by molar-refractivity contribution is -0.136. The minimum absolute atomic E-state index is 0.0456. The fourth-order valence-electron chi connectivity index (χ4n) is 3.92. The van der Waals surface area contributed by atoms with E-state index in [-0.39, 0.29) is 33.8 Å². The van der Waals surface area contributed by atoms with Gasteiger partial charge in [0.25, 0.3) is 11.1 Å². The molecule has 10 nitrogen and oxygen atoms in total. The van der Waals surface area contributed by atoms with Gasteiger partial charge in [-0.05, 0) is 79.1 Å². The molecule has 0 atom stereocenters. The fraction of sp³-hybridized carbons (Fsp3) is 0.320. The summed E-state index contributed by atoms with van der Waals surface area (Å²) in [6.45, 7) is 0.974. The molecule has 0 radical (unpaired) electrons. The van der Waals surface area contributed by atoms with Crippen LogP contribution in [0.5, 0.6) is 17.2 Å². The topological polar surface area (TPSA) is 120 Å². The summed E-state index contributed by atoms with van der Waals surface area (Å²) in [5, 5.41) is -0.515. The lowest BCUT2D eigenvalue weighted by Crippen LogP contribution is -2.44. The monoisotopic (exact) mass is 546 g/mol. The number of piperidine rings is 1. The summed E-state index contributed by atoms with van der Waals surface area (Å²) in [5.41, 5.74) is 0.485. The molecule has 2 fully saturated rings. The highest BCUT2D eigenvalue weighted by Crippen LogP contribution is 2.35. The van der Waals surface area contributed by atoms with E-state index in [1.165, 1.54) is 62.8 Å². The fourth-order valence-corrected chi connectivity index (χ4v) is 5.70. The molecule has 4 rings (SSSR count). The van der Waals surface area contributed by atoms with Gasteiger partial charge in [0.05, 0.1) is 19.1 Å². The van der Waals surface area contributed by atoms with E-state index in [2.05, 4.69) is 0 Å². The molecule has 0 aliphatic carbocycles. The van der Waals surface area contributed by atoms with Crippen LogP contribution in [0.3, 0.4) is 0 Å². The van der Waals surface area contributed by atoms with E-state index >= 15 is 0 Å². The summed E-state index contributed by atoms with van der Waals surface area (Å²) in [6.07, 6.45) is 4.38. The second-order valence-corrected chi connectivity index (χ2v) is 10.9. The van der Waals surface area contributed by atoms with Crippen LogP contribution in [0.1, 0.15) is 24.8 Å². The maximum absolute atomic E-state index is 12.9. The highest BCUT2D eigenvalue weighted by Gasteiger charge is 2.37. The van der Waals surface area contributed by atoms with Gasteiger partial charge in [-0.25, -0.2) is 0 Å². The van der Waals surface area contributed by atoms with Gasteiger partial charge >= 0.3 is 10.1 Å². The third-order valence-electron chi connectivity index (χ3n) is 5.91. The summed E-state index contributed by atoms with van der Waals surface area (Å²) >= 11 is 0.743. The van der Waals surface area contributed by atoms with Crippen molar-refractivity contribution in [2.45, 2.75) is 24.2 Å². The number of imide groups is 1. The Morgan fingerprint density at radius 2 is 1.68 bits per heavy atom. The lowest BCUT2D eigenvalue weighted by Gasteiger charge is -2.27. The van der Waals surface area contributed by atoms with Crippen molar-refractivity contribution in [2.24, 2.45) is 0 Å². The molecule has 2 aliphatic rings. The summed E-state index contributed by atoms with van der Waals surface area (Å²) < 4.78 is 41.0. The molecule has 2 aromatic rings. The zero-order chi connectivity index (χ0) is 26.6. The molecule has 12 heteroatoms. The Labute approximate surface area is 219 Å². The first-order chi connectivity index (χ1) is 17.7. The molecule has 2 aromatic carbocycles. The molecule has 0 N–H and O–H groups in total. The first kappa shape index (κ1) is 26.6. The molecule has 3 amide bonds. The highest BCUT2D eigenvalue weighted by molar-refractivity contribution is 8.18. The van der Waals surface area contributed by atoms with Crippen molar-refractivity contribution in [1.82, 2.24) is 9.80 Å². The van der Waals surface area contributed by atoms with Gasteiger partial charge in [0.1, 0.15) is 17.2 Å². The van der Waals surface area contributed by atoms with Gasteiger partial charge in [-0.15, -0.1) is 0 Å². The van der Waals surface area contributed by atoms with Crippen LogP contribution < -0.4 is 13.7 Å². The lowest BCUT2D eigenvalue weighted by atomic mass is 10.1. The molecule has 196 valence electrons. The number of carbonyl (C=O) groups excluding carboxylic acids is 3. The summed E-state index contributed by atoms with van der Waals surface area (Å²) in [7, 11) is -1.32. The van der Waals surface area contributed by atoms with E-state index < -0.39 is 21.3 Å². The largest absolute Gasteiger partial charge is 0.497 e. The molecule has 0 unspecified atom stereocenters. The van der Waals surface area contributed by atoms with Crippen molar-refractivity contribution < 1.29 is 36.5 Å². The Hall–Kier alpha value is -3.51. The third-order valence-corrected chi connectivity index (χ3v) is 8.06. The first-order valence-corrected chi connectivity index (χ1v) is 13.7. The number of benzene rings is 2. The normalized spacial score (nSPS) is 17.3. The smallest absolute Gasteiger partial charge is 0.339 e. The summed E-state index contributed by atoms with van der Waals surface area (Å²) in [4.78, 5) is 40.6. The average molecular weight is 547 g/mol. The Bertz CT molecular complexity index is 1330. The van der Waals surface area contributed by atoms with Crippen LogP contribution >= 0.6 is 11.8 Å². The van der Waals surface area contributed by atoms with E-state index in [0.717, 1.165) is 35.9 Å². The van der Waals surface area contributed by atoms with Crippen molar-refractivity contribution in [3.63, 3.8) is 0 Å². The molecule has 2 aliphatic heterocycles. The maximum atomic E-state index is 12.9. The molecule has 2 saturated heterocycles. The third kappa shape index (κ3) is 6.08. The average Bonchev–Trinajstić information content (AvgIpc) is 3.17. The number of methoxy groups -OCH3 is 2. The quantitative estimate of drug-likeness (QED) is 0.362. The minimum atomic E-state index is -4.15. The number of carbonyl (C=O) groups is 3. The van der Waals surface area contributed by atoms with Gasteiger partial charge in [-0.1, -0.05) is 6.07 Å². The van der Waals surface area contributed by atoms with Gasteiger partial charge in [-0.2, -0.15) is 8.42 Å². The number of amides is 3. The van der Waals surface area contributed by atoms with Crippen LogP contribution in [0.25, 0.3) is 6.08 Å². The predicted molar refractivity (Wildman–Crippen MR) is 137 cm³/mol. The zero-order valence-electron chi connectivity index (χ0n) is 20.3. The summed E-state index contributed by atoms with van der Waals surface area (Å²) in [6, 6.07) is 10.2. The van der Waals surface area contributed by atoms with Crippen LogP contribution in [-0.2, 0) is 19.7 Å². The number of likely N-dealkylation sites (tertiary alicyclic amines) is 1. The second-order valence-electron chi connectivity index (χ2n) is 8.33. The first-order valence-electron chi connectivity index (χ1n) is 11.5. The Morgan fingerprint density at radius 3 is 2.32 bits per heavy atom. The van der Waals surface area contributed by atoms with Gasteiger partial charge in [0.2, 0.25) is 5.91 Å². The summed E-state index contributed by atoms with van der Waals surface area (Å²) in [5.74, 6) is -0.228. The zero-order valence-corrected chi connectivity index (χ0v) is 22.0. The number of hydrogen-bond donors (Lipinski definition) is 0.